The summed E-state index contributed by atoms with van der Waals surface area (Å²) in [6, 6.07) is 0. The first-order valence-corrected chi connectivity index (χ1v) is 3.23. The Balaban J connectivity index is 0.000000810. The molecule has 0 bridgehead atoms. The summed E-state index contributed by atoms with van der Waals surface area (Å²) in [6.45, 7) is 2.48. The highest BCUT2D eigenvalue weighted by Gasteiger charge is 2.12. The summed E-state index contributed by atoms with van der Waals surface area (Å²) in [6.07, 6.45) is 2.08. The van der Waals surface area contributed by atoms with Gasteiger partial charge in [-0.1, -0.05) is 0 Å². The van der Waals surface area contributed by atoms with Crippen LogP contribution in [0, 0.1) is 0 Å². The predicted octanol–water partition coefficient (Wildman–Crippen LogP) is 0.333. The van der Waals surface area contributed by atoms with Gasteiger partial charge < -0.3 is 10.1 Å². The van der Waals surface area contributed by atoms with Crippen molar-refractivity contribution < 1.29 is 9.53 Å². The first kappa shape index (κ1) is 9.72. The van der Waals surface area contributed by atoms with Crippen molar-refractivity contribution in [2.75, 3.05) is 13.1 Å². The summed E-state index contributed by atoms with van der Waals surface area (Å²) in [4.78, 5) is 9.83. The first-order valence-electron chi connectivity index (χ1n) is 3.23. The number of halogens is 1. The molecule has 0 saturated carbocycles. The van der Waals surface area contributed by atoms with Crippen molar-refractivity contribution in [1.29, 1.82) is 0 Å². The van der Waals surface area contributed by atoms with Gasteiger partial charge in [-0.05, 0) is 25.9 Å². The number of nitrogens with one attached hydrogen (secondary N) is 1. The molecule has 1 N–H and O–H groups in total. The summed E-state index contributed by atoms with van der Waals surface area (Å²) in [7, 11) is 0. The molecule has 1 saturated heterocycles. The van der Waals surface area contributed by atoms with Gasteiger partial charge in [-0.15, -0.1) is 12.4 Å². The van der Waals surface area contributed by atoms with Crippen LogP contribution >= 0.6 is 12.4 Å². The monoisotopic (exact) mass is 165 g/mol. The number of piperidine rings is 1. The van der Waals surface area contributed by atoms with E-state index in [2.05, 4.69) is 5.32 Å². The average Bonchev–Trinajstić information content (AvgIpc) is 1.91. The molecule has 0 aromatic carbocycles. The molecule has 1 fully saturated rings. The normalized spacial score (nSPS) is 19.2. The third kappa shape index (κ3) is 3.03. The fourth-order valence-electron chi connectivity index (χ4n) is 1.01. The van der Waals surface area contributed by atoms with E-state index in [1.807, 2.05) is 0 Å². The average molecular weight is 166 g/mol. The zero-order chi connectivity index (χ0) is 6.53. The number of ether oxygens (including phenoxy) is 1. The molecule has 0 radical (unpaired) electrons. The van der Waals surface area contributed by atoms with Gasteiger partial charge in [-0.25, -0.2) is 0 Å². The molecule has 0 aliphatic carbocycles. The summed E-state index contributed by atoms with van der Waals surface area (Å²) >= 11 is 0. The summed E-state index contributed by atoms with van der Waals surface area (Å²) < 4.78 is 4.76. The zero-order valence-electron chi connectivity index (χ0n) is 5.71. The molecular weight excluding hydrogens is 154 g/mol. The minimum absolute atomic E-state index is 0. The Morgan fingerprint density at radius 3 is 2.50 bits per heavy atom. The van der Waals surface area contributed by atoms with E-state index in [4.69, 9.17) is 4.74 Å². The van der Waals surface area contributed by atoms with Crippen LogP contribution in [0.2, 0.25) is 0 Å². The van der Waals surface area contributed by atoms with Crippen molar-refractivity contribution >= 4 is 18.9 Å². The summed E-state index contributed by atoms with van der Waals surface area (Å²) in [5.74, 6) is 0. The highest BCUT2D eigenvalue weighted by Crippen LogP contribution is 2.04. The second-order valence-electron chi connectivity index (χ2n) is 2.18. The Kier molecular flexibility index (Phi) is 5.35. The van der Waals surface area contributed by atoms with E-state index < -0.39 is 0 Å². The Morgan fingerprint density at radius 1 is 1.40 bits per heavy atom. The standard InChI is InChI=1S/C6H11NO2.ClH/c8-5-9-6-1-3-7-4-2-6;/h5-7H,1-4H2;1H. The molecular formula is C6H12ClNO2. The van der Waals surface area contributed by atoms with Gasteiger partial charge in [0.1, 0.15) is 6.10 Å². The van der Waals surface area contributed by atoms with Crippen LogP contribution < -0.4 is 5.32 Å². The minimum atomic E-state index is 0. The second kappa shape index (κ2) is 5.50. The Morgan fingerprint density at radius 2 is 2.00 bits per heavy atom. The van der Waals surface area contributed by atoms with Gasteiger partial charge in [0, 0.05) is 0 Å². The molecule has 60 valence electrons. The van der Waals surface area contributed by atoms with Crippen molar-refractivity contribution in [1.82, 2.24) is 5.32 Å². The van der Waals surface area contributed by atoms with E-state index in [0.717, 1.165) is 25.9 Å². The summed E-state index contributed by atoms with van der Waals surface area (Å²) in [5.41, 5.74) is 0. The maximum atomic E-state index is 9.83. The maximum Gasteiger partial charge on any atom is 0.293 e. The molecule has 3 nitrogen and oxygen atoms in total. The number of hydrogen-bond acceptors (Lipinski definition) is 3. The predicted molar refractivity (Wildman–Crippen MR) is 40.3 cm³/mol. The lowest BCUT2D eigenvalue weighted by molar-refractivity contribution is -0.134. The highest BCUT2D eigenvalue weighted by molar-refractivity contribution is 5.85. The van der Waals surface area contributed by atoms with Gasteiger partial charge in [0.05, 0.1) is 0 Å². The van der Waals surface area contributed by atoms with Crippen molar-refractivity contribution in [2.45, 2.75) is 18.9 Å². The van der Waals surface area contributed by atoms with Crippen LogP contribution in [0.1, 0.15) is 12.8 Å². The van der Waals surface area contributed by atoms with Gasteiger partial charge in [0.2, 0.25) is 0 Å². The molecule has 0 spiro atoms. The van der Waals surface area contributed by atoms with Gasteiger partial charge >= 0.3 is 0 Å². The molecule has 1 rings (SSSR count). The van der Waals surface area contributed by atoms with Crippen molar-refractivity contribution in [3.8, 4) is 0 Å². The molecule has 1 aliphatic rings. The van der Waals surface area contributed by atoms with Crippen LogP contribution in [0.3, 0.4) is 0 Å². The lowest BCUT2D eigenvalue weighted by Crippen LogP contribution is -2.32. The molecule has 0 amide bonds. The van der Waals surface area contributed by atoms with E-state index in [-0.39, 0.29) is 18.5 Å². The van der Waals surface area contributed by atoms with Crippen LogP contribution in [-0.4, -0.2) is 25.7 Å². The fraction of sp³-hybridized carbons (Fsp3) is 0.833. The SMILES string of the molecule is Cl.O=COC1CCNCC1. The fourth-order valence-corrected chi connectivity index (χ4v) is 1.01. The van der Waals surface area contributed by atoms with E-state index >= 15 is 0 Å². The van der Waals surface area contributed by atoms with Crippen molar-refractivity contribution in [3.05, 3.63) is 0 Å². The lowest BCUT2D eigenvalue weighted by Gasteiger charge is -2.20. The lowest BCUT2D eigenvalue weighted by atomic mass is 10.1. The van der Waals surface area contributed by atoms with Crippen LogP contribution in [0.5, 0.6) is 0 Å². The molecule has 1 heterocycles. The third-order valence-corrected chi connectivity index (χ3v) is 1.53. The molecule has 0 aromatic rings. The van der Waals surface area contributed by atoms with E-state index in [1.54, 1.807) is 0 Å². The number of carbonyl (C=O) groups excluding carboxylic acids is 1. The van der Waals surface area contributed by atoms with Gasteiger partial charge in [0.25, 0.3) is 6.47 Å². The summed E-state index contributed by atoms with van der Waals surface area (Å²) in [5, 5.41) is 3.18. The van der Waals surface area contributed by atoms with Crippen molar-refractivity contribution in [2.24, 2.45) is 0 Å². The molecule has 0 atom stereocenters. The highest BCUT2D eigenvalue weighted by atomic mass is 35.5. The number of carbonyl (C=O) groups is 1. The van der Waals surface area contributed by atoms with Gasteiger partial charge in [-0.2, -0.15) is 0 Å². The Bertz CT molecular complexity index is 93.7. The first-order chi connectivity index (χ1) is 4.43. The molecule has 0 unspecified atom stereocenters. The largest absolute Gasteiger partial charge is 0.464 e. The van der Waals surface area contributed by atoms with Crippen LogP contribution in [0.25, 0.3) is 0 Å². The number of hydrogen-bond donors (Lipinski definition) is 1. The second-order valence-corrected chi connectivity index (χ2v) is 2.18. The number of rotatable bonds is 2. The molecule has 4 heteroatoms. The van der Waals surface area contributed by atoms with Gasteiger partial charge in [0.15, 0.2) is 0 Å². The zero-order valence-corrected chi connectivity index (χ0v) is 6.52. The van der Waals surface area contributed by atoms with E-state index in [1.165, 1.54) is 0 Å². The minimum Gasteiger partial charge on any atom is -0.464 e. The quantitative estimate of drug-likeness (QED) is 0.600. The van der Waals surface area contributed by atoms with Crippen LogP contribution in [0.15, 0.2) is 0 Å². The smallest absolute Gasteiger partial charge is 0.293 e. The molecule has 10 heavy (non-hydrogen) atoms. The molecule has 0 aromatic heterocycles. The third-order valence-electron chi connectivity index (χ3n) is 1.53. The topological polar surface area (TPSA) is 38.3 Å². The van der Waals surface area contributed by atoms with Crippen molar-refractivity contribution in [3.63, 3.8) is 0 Å². The maximum absolute atomic E-state index is 9.83. The Hall–Kier alpha value is -0.280. The van der Waals surface area contributed by atoms with Gasteiger partial charge in [-0.3, -0.25) is 4.79 Å². The van der Waals surface area contributed by atoms with Crippen LogP contribution in [0.4, 0.5) is 0 Å². The molecule has 1 aliphatic heterocycles. The van der Waals surface area contributed by atoms with E-state index in [9.17, 15) is 4.79 Å². The Labute approximate surface area is 66.5 Å². The van der Waals surface area contributed by atoms with Crippen LogP contribution in [-0.2, 0) is 9.53 Å². The van der Waals surface area contributed by atoms with E-state index in [0.29, 0.717) is 6.47 Å².